The highest BCUT2D eigenvalue weighted by molar-refractivity contribution is 7.89. The largest absolute Gasteiger partial charge is 0.350 e. The highest BCUT2D eigenvalue weighted by Crippen LogP contribution is 2.44. The Bertz CT molecular complexity index is 804. The molecule has 1 aromatic heterocycles. The van der Waals surface area contributed by atoms with E-state index in [-0.39, 0.29) is 28.3 Å². The average molecular weight is 393 g/mol. The first-order chi connectivity index (χ1) is 12.8. The molecule has 8 heteroatoms. The third-order valence-electron chi connectivity index (χ3n) is 6.29. The monoisotopic (exact) mass is 392 g/mol. The van der Waals surface area contributed by atoms with Crippen LogP contribution in [0.25, 0.3) is 0 Å². The van der Waals surface area contributed by atoms with Crippen LogP contribution in [0, 0.1) is 17.8 Å². The number of nitrogens with one attached hydrogen (secondary N) is 1. The normalized spacial score (nSPS) is 28.6. The van der Waals surface area contributed by atoms with E-state index in [2.05, 4.69) is 29.0 Å². The predicted molar refractivity (Wildman–Crippen MR) is 101 cm³/mol. The van der Waals surface area contributed by atoms with Gasteiger partial charge in [-0.2, -0.15) is 4.31 Å². The van der Waals surface area contributed by atoms with E-state index in [4.69, 9.17) is 0 Å². The second-order valence-electron chi connectivity index (χ2n) is 8.54. The van der Waals surface area contributed by atoms with Crippen molar-refractivity contribution in [3.05, 3.63) is 24.4 Å². The van der Waals surface area contributed by atoms with Crippen LogP contribution in [-0.4, -0.2) is 66.8 Å². The summed E-state index contributed by atoms with van der Waals surface area (Å²) in [6, 6.07) is 4.93. The number of rotatable bonds is 4. The lowest BCUT2D eigenvalue weighted by Crippen LogP contribution is -2.56. The van der Waals surface area contributed by atoms with Crippen molar-refractivity contribution in [2.75, 3.05) is 32.7 Å². The topological polar surface area (TPSA) is 82.6 Å². The lowest BCUT2D eigenvalue weighted by molar-refractivity contribution is -0.123. The third kappa shape index (κ3) is 3.28. The van der Waals surface area contributed by atoms with Crippen LogP contribution in [0.4, 0.5) is 0 Å². The van der Waals surface area contributed by atoms with E-state index in [9.17, 15) is 13.2 Å². The number of hydrogen-bond donors (Lipinski definition) is 1. The Morgan fingerprint density at radius 2 is 2.00 bits per heavy atom. The van der Waals surface area contributed by atoms with Gasteiger partial charge in [-0.05, 0) is 30.9 Å². The van der Waals surface area contributed by atoms with Crippen molar-refractivity contribution < 1.29 is 13.2 Å². The molecule has 1 spiro atoms. The minimum atomic E-state index is -3.57. The van der Waals surface area contributed by atoms with Crippen LogP contribution < -0.4 is 5.32 Å². The van der Waals surface area contributed by atoms with Crippen LogP contribution in [0.1, 0.15) is 26.7 Å². The summed E-state index contributed by atoms with van der Waals surface area (Å²) in [6.45, 7) is 8.01. The van der Waals surface area contributed by atoms with Crippen molar-refractivity contribution in [2.45, 2.75) is 37.3 Å². The maximum absolute atomic E-state index is 12.8. The van der Waals surface area contributed by atoms with Gasteiger partial charge in [0.25, 0.3) is 10.0 Å². The Kier molecular flexibility index (Phi) is 4.76. The van der Waals surface area contributed by atoms with Gasteiger partial charge in [0.15, 0.2) is 5.03 Å². The third-order valence-corrected chi connectivity index (χ3v) is 8.11. The molecule has 0 radical (unpaired) electrons. The highest BCUT2D eigenvalue weighted by atomic mass is 32.2. The van der Waals surface area contributed by atoms with Crippen molar-refractivity contribution >= 4 is 15.9 Å². The van der Waals surface area contributed by atoms with Gasteiger partial charge in [-0.15, -0.1) is 0 Å². The summed E-state index contributed by atoms with van der Waals surface area (Å²) < 4.78 is 27.2. The van der Waals surface area contributed by atoms with Gasteiger partial charge in [-0.1, -0.05) is 19.9 Å². The summed E-state index contributed by atoms with van der Waals surface area (Å²) in [5.41, 5.74) is -0.260. The molecule has 4 heterocycles. The fourth-order valence-corrected chi connectivity index (χ4v) is 6.43. The predicted octanol–water partition coefficient (Wildman–Crippen LogP) is 0.939. The zero-order chi connectivity index (χ0) is 19.2. The Hall–Kier alpha value is -1.51. The van der Waals surface area contributed by atoms with E-state index in [1.165, 1.54) is 16.6 Å². The minimum Gasteiger partial charge on any atom is -0.350 e. The molecule has 0 aromatic carbocycles. The van der Waals surface area contributed by atoms with Gasteiger partial charge in [0, 0.05) is 50.4 Å². The van der Waals surface area contributed by atoms with Gasteiger partial charge in [0.2, 0.25) is 5.91 Å². The van der Waals surface area contributed by atoms with E-state index in [1.807, 2.05) is 0 Å². The number of hydrogen-bond acceptors (Lipinski definition) is 5. The van der Waals surface area contributed by atoms with Crippen LogP contribution in [-0.2, 0) is 14.8 Å². The summed E-state index contributed by atoms with van der Waals surface area (Å²) in [4.78, 5) is 19.0. The molecule has 0 bridgehead atoms. The molecule has 2 atom stereocenters. The zero-order valence-electron chi connectivity index (χ0n) is 16.0. The van der Waals surface area contributed by atoms with Gasteiger partial charge in [-0.25, -0.2) is 13.4 Å². The molecule has 0 saturated carbocycles. The highest BCUT2D eigenvalue weighted by Gasteiger charge is 2.57. The summed E-state index contributed by atoms with van der Waals surface area (Å²) in [7, 11) is -3.57. The van der Waals surface area contributed by atoms with Crippen molar-refractivity contribution in [1.29, 1.82) is 0 Å². The first-order valence-electron chi connectivity index (χ1n) is 9.77. The molecule has 4 rings (SSSR count). The molecule has 1 aromatic rings. The smallest absolute Gasteiger partial charge is 0.260 e. The standard InChI is InChI=1S/C19H28N4O3S/c1-14(2)11-22-12-15-16(13-22)19(21-18(15)24)6-9-23(10-7-19)27(25,26)17-5-3-4-8-20-17/h3-5,8,14-16H,6-7,9-13H2,1-2H3,(H,21,24)/t15-,16+/m1/s1. The number of fused-ring (bicyclic) bond motifs is 2. The van der Waals surface area contributed by atoms with Crippen molar-refractivity contribution in [3.8, 4) is 0 Å². The van der Waals surface area contributed by atoms with Crippen molar-refractivity contribution in [3.63, 3.8) is 0 Å². The second kappa shape index (κ2) is 6.83. The van der Waals surface area contributed by atoms with Crippen LogP contribution >= 0.6 is 0 Å². The number of pyridine rings is 1. The van der Waals surface area contributed by atoms with Crippen molar-refractivity contribution in [1.82, 2.24) is 19.5 Å². The van der Waals surface area contributed by atoms with E-state index < -0.39 is 10.0 Å². The maximum atomic E-state index is 12.8. The molecule has 0 aliphatic carbocycles. The number of likely N-dealkylation sites (tertiary alicyclic amines) is 1. The van der Waals surface area contributed by atoms with Crippen molar-refractivity contribution in [2.24, 2.45) is 17.8 Å². The van der Waals surface area contributed by atoms with Gasteiger partial charge in [0.05, 0.1) is 5.92 Å². The summed E-state index contributed by atoms with van der Waals surface area (Å²) in [5, 5.41) is 3.35. The maximum Gasteiger partial charge on any atom is 0.260 e. The Morgan fingerprint density at radius 3 is 2.63 bits per heavy atom. The molecule has 1 N–H and O–H groups in total. The lowest BCUT2D eigenvalue weighted by atomic mass is 9.76. The number of sulfonamides is 1. The van der Waals surface area contributed by atoms with E-state index in [0.29, 0.717) is 31.8 Å². The van der Waals surface area contributed by atoms with E-state index >= 15 is 0 Å². The average Bonchev–Trinajstić information content (AvgIpc) is 3.16. The Labute approximate surface area is 161 Å². The van der Waals surface area contributed by atoms with E-state index in [0.717, 1.165) is 19.6 Å². The van der Waals surface area contributed by atoms with Crippen LogP contribution in [0.15, 0.2) is 29.4 Å². The van der Waals surface area contributed by atoms with Crippen LogP contribution in [0.2, 0.25) is 0 Å². The number of piperidine rings is 1. The summed E-state index contributed by atoms with van der Waals surface area (Å²) in [5.74, 6) is 1.05. The van der Waals surface area contributed by atoms with Gasteiger partial charge in [0.1, 0.15) is 0 Å². The zero-order valence-corrected chi connectivity index (χ0v) is 16.8. The second-order valence-corrected chi connectivity index (χ2v) is 10.4. The first kappa shape index (κ1) is 18.8. The molecule has 1 amide bonds. The number of amides is 1. The van der Waals surface area contributed by atoms with E-state index in [1.54, 1.807) is 12.1 Å². The van der Waals surface area contributed by atoms with Crippen LogP contribution in [0.3, 0.4) is 0 Å². The number of aromatic nitrogens is 1. The molecule has 148 valence electrons. The molecule has 3 aliphatic heterocycles. The molecular weight excluding hydrogens is 364 g/mol. The fourth-order valence-electron chi connectivity index (χ4n) is 5.06. The van der Waals surface area contributed by atoms with Gasteiger partial charge in [-0.3, -0.25) is 4.79 Å². The Morgan fingerprint density at radius 1 is 1.26 bits per heavy atom. The fraction of sp³-hybridized carbons (Fsp3) is 0.684. The molecule has 0 unspecified atom stereocenters. The number of carbonyl (C=O) groups is 1. The molecule has 7 nitrogen and oxygen atoms in total. The lowest BCUT2D eigenvalue weighted by Gasteiger charge is -2.42. The summed E-state index contributed by atoms with van der Waals surface area (Å²) >= 11 is 0. The molecular formula is C19H28N4O3S. The molecule has 3 aliphatic rings. The first-order valence-corrected chi connectivity index (χ1v) is 11.2. The number of carbonyl (C=O) groups excluding carboxylic acids is 1. The number of nitrogens with zero attached hydrogens (tertiary/aromatic N) is 3. The minimum absolute atomic E-state index is 0.0442. The Balaban J connectivity index is 1.48. The molecule has 3 fully saturated rings. The van der Waals surface area contributed by atoms with Gasteiger partial charge < -0.3 is 10.2 Å². The van der Waals surface area contributed by atoms with Crippen LogP contribution in [0.5, 0.6) is 0 Å². The summed E-state index contributed by atoms with van der Waals surface area (Å²) in [6.07, 6.45) is 2.84. The van der Waals surface area contributed by atoms with Gasteiger partial charge >= 0.3 is 0 Å². The molecule has 27 heavy (non-hydrogen) atoms. The quantitative estimate of drug-likeness (QED) is 0.825. The SMILES string of the molecule is CC(C)CN1C[C@H]2C(=O)NC3(CCN(S(=O)(=O)c4ccccn4)CC3)[C@H]2C1. The molecule has 3 saturated heterocycles.